The number of hydrogen-bond acceptors (Lipinski definition) is 12. The van der Waals surface area contributed by atoms with Gasteiger partial charge in [0, 0.05) is 25.2 Å². The summed E-state index contributed by atoms with van der Waals surface area (Å²) < 4.78 is 45.3. The van der Waals surface area contributed by atoms with E-state index >= 15 is 0 Å². The molecule has 12 heteroatoms. The maximum absolute atomic E-state index is 11.8. The lowest BCUT2D eigenvalue weighted by atomic mass is 9.52. The number of aliphatic hydroxyl groups is 1. The molecule has 4 heterocycles. The number of cyclic esters (lactones) is 1. The highest BCUT2D eigenvalue weighted by Crippen LogP contribution is 2.60. The Morgan fingerprint density at radius 3 is 1.55 bits per heavy atom. The molecule has 4 saturated heterocycles. The summed E-state index contributed by atoms with van der Waals surface area (Å²) in [5, 5.41) is 10.5. The van der Waals surface area contributed by atoms with E-state index in [2.05, 4.69) is 41.5 Å². The van der Waals surface area contributed by atoms with Crippen molar-refractivity contribution in [1.29, 1.82) is 0 Å². The van der Waals surface area contributed by atoms with Crippen LogP contribution in [0.15, 0.2) is 0 Å². The molecule has 0 aromatic rings. The Kier molecular flexibility index (Phi) is 15.4. The number of rotatable bonds is 10. The van der Waals surface area contributed by atoms with Gasteiger partial charge < -0.3 is 43.0 Å². The largest absolute Gasteiger partial charge is 0.464 e. The minimum atomic E-state index is -0.376. The third kappa shape index (κ3) is 11.9. The minimum Gasteiger partial charge on any atom is -0.464 e. The van der Waals surface area contributed by atoms with Crippen molar-refractivity contribution < 1.29 is 57.4 Å². The van der Waals surface area contributed by atoms with Crippen molar-refractivity contribution in [3.8, 4) is 0 Å². The van der Waals surface area contributed by atoms with Crippen LogP contribution in [0.1, 0.15) is 198 Å². The second kappa shape index (κ2) is 20.5. The van der Waals surface area contributed by atoms with E-state index in [0.717, 1.165) is 93.8 Å². The van der Waals surface area contributed by atoms with Crippen molar-refractivity contribution in [2.24, 2.45) is 59.2 Å². The van der Waals surface area contributed by atoms with E-state index in [0.29, 0.717) is 48.6 Å². The van der Waals surface area contributed by atoms with Gasteiger partial charge in [0.25, 0.3) is 0 Å². The number of carbonyl (C=O) groups is 3. The van der Waals surface area contributed by atoms with Crippen LogP contribution in [0.3, 0.4) is 0 Å². The maximum atomic E-state index is 11.8. The lowest BCUT2D eigenvalue weighted by Crippen LogP contribution is -2.60. The Balaban J connectivity index is 0.000000108. The highest BCUT2D eigenvalue weighted by Gasteiger charge is 2.63. The second-order valence-electron chi connectivity index (χ2n) is 26.5. The zero-order valence-corrected chi connectivity index (χ0v) is 44.3. The first-order valence-electron chi connectivity index (χ1n) is 28.2. The Morgan fingerprint density at radius 2 is 1.03 bits per heavy atom. The Morgan fingerprint density at radius 1 is 0.507 bits per heavy atom. The summed E-state index contributed by atoms with van der Waals surface area (Å²) in [4.78, 5) is 34.0. The van der Waals surface area contributed by atoms with Crippen molar-refractivity contribution in [2.75, 3.05) is 6.61 Å². The van der Waals surface area contributed by atoms with Crippen LogP contribution in [-0.4, -0.2) is 107 Å². The minimum absolute atomic E-state index is 0.0253. The van der Waals surface area contributed by atoms with Crippen LogP contribution in [0.5, 0.6) is 0 Å². The molecule has 12 nitrogen and oxygen atoms in total. The van der Waals surface area contributed by atoms with E-state index in [1.165, 1.54) is 57.8 Å². The standard InChI is InChI=1S/C13H20O3.C13H22O2.C13H22O.C11H16O3.C7H12O3/c1-8(2)16-13-5-9-3-10(6-13)12(14)15-11(4-9)7-13;1-9(2)15-13-6-10-3-11(7-13)5-12(14,4-10)8-13;1-9(2)14-13-6-10-3-11(7-13)5-12(4-10)8-13;1-5(2)13-9-6-3-7-8(4-6)11(12)14-10(7)9;1-5(2)10-6-3-4-9-7(6)8/h8-11H,3-7H2,1-2H3;9-11,14H,3-8H2,1-2H3;9-12H,3-8H2,1-2H3;5-10H,3-4H2,1-2H3;5-6H,3-4H2,1-2H3. The zero-order valence-electron chi connectivity index (χ0n) is 44.3. The predicted molar refractivity (Wildman–Crippen MR) is 260 cm³/mol. The predicted octanol–water partition coefficient (Wildman–Crippen LogP) is 10.2. The van der Waals surface area contributed by atoms with Crippen LogP contribution < -0.4 is 0 Å². The molecule has 16 rings (SSSR count). The molecule has 0 radical (unpaired) electrons. The Hall–Kier alpha value is -1.83. The summed E-state index contributed by atoms with van der Waals surface area (Å²) in [5.74, 6) is 6.34. The Labute approximate surface area is 414 Å². The summed E-state index contributed by atoms with van der Waals surface area (Å²) in [6, 6.07) is 0. The van der Waals surface area contributed by atoms with Gasteiger partial charge >= 0.3 is 17.9 Å². The van der Waals surface area contributed by atoms with Crippen LogP contribution >= 0.6 is 0 Å². The fourth-order valence-corrected chi connectivity index (χ4v) is 17.8. The maximum Gasteiger partial charge on any atom is 0.335 e. The van der Waals surface area contributed by atoms with E-state index in [4.69, 9.17) is 37.9 Å². The summed E-state index contributed by atoms with van der Waals surface area (Å²) in [6.45, 7) is 21.2. The molecule has 14 bridgehead atoms. The lowest BCUT2D eigenvalue weighted by Gasteiger charge is -2.60. The summed E-state index contributed by atoms with van der Waals surface area (Å²) in [5.41, 5.74) is -0.0777. The van der Waals surface area contributed by atoms with Gasteiger partial charge in [-0.25, -0.2) is 4.79 Å². The van der Waals surface area contributed by atoms with Crippen molar-refractivity contribution in [3.05, 3.63) is 0 Å². The van der Waals surface area contributed by atoms with Gasteiger partial charge in [-0.15, -0.1) is 0 Å². The number of fused-ring (bicyclic) bond motifs is 2. The first kappa shape index (κ1) is 52.0. The summed E-state index contributed by atoms with van der Waals surface area (Å²) >= 11 is 0. The normalized spacial score (nSPS) is 46.0. The monoisotopic (exact) mass is 969 g/mol. The molecule has 12 atom stereocenters. The first-order chi connectivity index (χ1) is 32.6. The van der Waals surface area contributed by atoms with Gasteiger partial charge in [0.05, 0.1) is 77.5 Å². The summed E-state index contributed by atoms with van der Waals surface area (Å²) in [7, 11) is 0. The highest BCUT2D eigenvalue weighted by atomic mass is 16.6. The van der Waals surface area contributed by atoms with Crippen molar-refractivity contribution in [2.45, 2.75) is 275 Å². The molecule has 69 heavy (non-hydrogen) atoms. The van der Waals surface area contributed by atoms with Crippen LogP contribution in [0.4, 0.5) is 0 Å². The van der Waals surface area contributed by atoms with Gasteiger partial charge in [-0.3, -0.25) is 9.59 Å². The topological polar surface area (TPSA) is 145 Å². The Bertz CT molecular complexity index is 1740. The smallest absolute Gasteiger partial charge is 0.335 e. The molecule has 12 unspecified atom stereocenters. The van der Waals surface area contributed by atoms with Gasteiger partial charge in [-0.2, -0.15) is 0 Å². The molecule has 12 saturated carbocycles. The van der Waals surface area contributed by atoms with Gasteiger partial charge in [0.15, 0.2) is 6.10 Å². The molecule has 0 amide bonds. The quantitative estimate of drug-likeness (QED) is 0.164. The van der Waals surface area contributed by atoms with Crippen LogP contribution in [0.25, 0.3) is 0 Å². The van der Waals surface area contributed by atoms with Crippen molar-refractivity contribution in [1.82, 2.24) is 0 Å². The van der Waals surface area contributed by atoms with Crippen LogP contribution in [-0.2, 0) is 52.3 Å². The molecule has 1 N–H and O–H groups in total. The van der Waals surface area contributed by atoms with E-state index in [1.54, 1.807) is 0 Å². The molecule has 392 valence electrons. The molecule has 12 aliphatic carbocycles. The van der Waals surface area contributed by atoms with Crippen LogP contribution in [0.2, 0.25) is 0 Å². The molecule has 0 aromatic heterocycles. The molecular formula is C57H92O12. The van der Waals surface area contributed by atoms with E-state index in [1.807, 2.05) is 27.7 Å². The third-order valence-corrected chi connectivity index (χ3v) is 18.3. The van der Waals surface area contributed by atoms with Gasteiger partial charge in [0.1, 0.15) is 12.2 Å². The number of esters is 3. The highest BCUT2D eigenvalue weighted by molar-refractivity contribution is 5.77. The SMILES string of the molecule is CC(C)OC12CC3CC(C1)OC(=O)C(C3)C2.CC(C)OC12CC3CC(CC(C3)C1)C2.CC(C)OC12CC3CC(CC(O)(C3)C1)C2.CC(C)OC1C2CC3C(=O)OC1C3C2.CC(C)OC1CCOC1=O. The lowest BCUT2D eigenvalue weighted by molar-refractivity contribution is -0.231. The van der Waals surface area contributed by atoms with Crippen LogP contribution in [0, 0.1) is 59.2 Å². The summed E-state index contributed by atoms with van der Waals surface area (Å²) in [6.07, 6.45) is 24.6. The van der Waals surface area contributed by atoms with Gasteiger partial charge in [0.2, 0.25) is 0 Å². The molecule has 16 fully saturated rings. The third-order valence-electron chi connectivity index (χ3n) is 18.3. The number of ether oxygens (including phenoxy) is 8. The van der Waals surface area contributed by atoms with E-state index in [-0.39, 0.29) is 89.3 Å². The zero-order chi connectivity index (χ0) is 49.2. The first-order valence-corrected chi connectivity index (χ1v) is 28.2. The van der Waals surface area contributed by atoms with Gasteiger partial charge in [-0.05, 0) is 220 Å². The fourth-order valence-electron chi connectivity index (χ4n) is 17.8. The molecular weight excluding hydrogens is 877 g/mol. The van der Waals surface area contributed by atoms with Crippen molar-refractivity contribution in [3.63, 3.8) is 0 Å². The average molecular weight is 969 g/mol. The number of hydrogen-bond donors (Lipinski definition) is 1. The molecule has 16 aliphatic rings. The molecule has 0 spiro atoms. The second-order valence-corrected chi connectivity index (χ2v) is 26.5. The van der Waals surface area contributed by atoms with E-state index < -0.39 is 0 Å². The average Bonchev–Trinajstić information content (AvgIpc) is 3.92. The number of carbonyl (C=O) groups excluding carboxylic acids is 3. The van der Waals surface area contributed by atoms with E-state index in [9.17, 15) is 19.5 Å². The fraction of sp³-hybridized carbons (Fsp3) is 0.947. The molecule has 0 aromatic carbocycles. The van der Waals surface area contributed by atoms with Gasteiger partial charge in [-0.1, -0.05) is 0 Å². The molecule has 4 aliphatic heterocycles. The van der Waals surface area contributed by atoms with Crippen molar-refractivity contribution >= 4 is 17.9 Å².